The van der Waals surface area contributed by atoms with Crippen LogP contribution in [0.25, 0.3) is 0 Å². The second-order valence-electron chi connectivity index (χ2n) is 3.16. The number of methoxy groups -OCH3 is 1. The largest absolute Gasteiger partial charge is 0.481 e. The summed E-state index contributed by atoms with van der Waals surface area (Å²) in [5, 5.41) is 11.2. The molecule has 0 aliphatic rings. The molecule has 0 aromatic heterocycles. The zero-order valence-electron chi connectivity index (χ0n) is 8.58. The fourth-order valence-corrected chi connectivity index (χ4v) is 0.942. The van der Waals surface area contributed by atoms with Crippen LogP contribution in [0.5, 0.6) is 0 Å². The first-order valence-electron chi connectivity index (χ1n) is 4.56. The number of rotatable bonds is 7. The Bertz CT molecular complexity index is 193. The number of aliphatic carboxylic acids is 1. The molecule has 1 amide bonds. The van der Waals surface area contributed by atoms with Crippen LogP contribution < -0.4 is 5.32 Å². The summed E-state index contributed by atoms with van der Waals surface area (Å²) in [5.74, 6) is -1.32. The molecule has 0 heterocycles. The van der Waals surface area contributed by atoms with Crippen molar-refractivity contribution in [2.45, 2.75) is 19.8 Å². The van der Waals surface area contributed by atoms with Crippen LogP contribution in [0.2, 0.25) is 0 Å². The Morgan fingerprint density at radius 1 is 1.50 bits per heavy atom. The third-order valence-corrected chi connectivity index (χ3v) is 1.83. The van der Waals surface area contributed by atoms with Crippen molar-refractivity contribution in [3.63, 3.8) is 0 Å². The quantitative estimate of drug-likeness (QED) is 0.581. The van der Waals surface area contributed by atoms with Gasteiger partial charge < -0.3 is 15.2 Å². The second kappa shape index (κ2) is 7.32. The lowest BCUT2D eigenvalue weighted by atomic mass is 10.1. The summed E-state index contributed by atoms with van der Waals surface area (Å²) in [6.45, 7) is 2.20. The highest BCUT2D eigenvalue weighted by Gasteiger charge is 2.09. The maximum absolute atomic E-state index is 10.9. The van der Waals surface area contributed by atoms with Gasteiger partial charge in [0.1, 0.15) is 6.61 Å². The molecule has 0 saturated heterocycles. The van der Waals surface area contributed by atoms with Gasteiger partial charge in [0, 0.05) is 13.7 Å². The molecule has 5 heteroatoms. The minimum atomic E-state index is -0.798. The molecule has 0 aliphatic heterocycles. The number of amides is 1. The molecular weight excluding hydrogens is 186 g/mol. The summed E-state index contributed by atoms with van der Waals surface area (Å²) >= 11 is 0. The Morgan fingerprint density at radius 2 is 2.14 bits per heavy atom. The lowest BCUT2D eigenvalue weighted by molar-refractivity contribution is -0.141. The van der Waals surface area contributed by atoms with Gasteiger partial charge in [-0.15, -0.1) is 0 Å². The fraction of sp³-hybridized carbons (Fsp3) is 0.778. The van der Waals surface area contributed by atoms with Gasteiger partial charge >= 0.3 is 5.97 Å². The molecule has 5 nitrogen and oxygen atoms in total. The van der Waals surface area contributed by atoms with Crippen molar-refractivity contribution in [1.29, 1.82) is 0 Å². The molecule has 1 unspecified atom stereocenters. The van der Waals surface area contributed by atoms with E-state index in [1.54, 1.807) is 6.92 Å². The molecule has 0 fully saturated rings. The molecule has 1 atom stereocenters. The highest BCUT2D eigenvalue weighted by molar-refractivity contribution is 5.77. The van der Waals surface area contributed by atoms with Gasteiger partial charge in [-0.1, -0.05) is 6.92 Å². The number of hydrogen-bond acceptors (Lipinski definition) is 3. The van der Waals surface area contributed by atoms with Crippen LogP contribution in [0.15, 0.2) is 0 Å². The van der Waals surface area contributed by atoms with Gasteiger partial charge in [0.25, 0.3) is 0 Å². The molecule has 82 valence electrons. The van der Waals surface area contributed by atoms with Crippen LogP contribution in [0.4, 0.5) is 0 Å². The van der Waals surface area contributed by atoms with Gasteiger partial charge in [-0.3, -0.25) is 9.59 Å². The van der Waals surface area contributed by atoms with E-state index in [9.17, 15) is 9.59 Å². The van der Waals surface area contributed by atoms with Crippen LogP contribution in [0, 0.1) is 5.92 Å². The van der Waals surface area contributed by atoms with E-state index in [1.165, 1.54) is 7.11 Å². The first-order chi connectivity index (χ1) is 6.57. The van der Waals surface area contributed by atoms with Crippen molar-refractivity contribution in [2.24, 2.45) is 5.92 Å². The van der Waals surface area contributed by atoms with Crippen molar-refractivity contribution in [1.82, 2.24) is 5.32 Å². The minimum Gasteiger partial charge on any atom is -0.481 e. The Balaban J connectivity index is 3.37. The molecule has 0 spiro atoms. The number of carboxylic acids is 1. The van der Waals surface area contributed by atoms with Crippen molar-refractivity contribution >= 4 is 11.9 Å². The zero-order valence-corrected chi connectivity index (χ0v) is 8.58. The fourth-order valence-electron chi connectivity index (χ4n) is 0.942. The summed E-state index contributed by atoms with van der Waals surface area (Å²) in [5.41, 5.74) is 0. The number of carboxylic acid groups (broad SMARTS) is 1. The molecule has 0 rings (SSSR count). The van der Waals surface area contributed by atoms with E-state index in [-0.39, 0.29) is 18.4 Å². The molecule has 0 aromatic carbocycles. The molecular formula is C9H17NO4. The van der Waals surface area contributed by atoms with Crippen LogP contribution in [-0.2, 0) is 14.3 Å². The van der Waals surface area contributed by atoms with Gasteiger partial charge in [0.2, 0.25) is 5.91 Å². The smallest absolute Gasteiger partial charge is 0.306 e. The number of ether oxygens (including phenoxy) is 1. The number of carbonyl (C=O) groups excluding carboxylic acids is 1. The van der Waals surface area contributed by atoms with Crippen molar-refractivity contribution in [2.75, 3.05) is 20.3 Å². The molecule has 2 N–H and O–H groups in total. The van der Waals surface area contributed by atoms with E-state index >= 15 is 0 Å². The van der Waals surface area contributed by atoms with E-state index in [1.807, 2.05) is 0 Å². The molecule has 14 heavy (non-hydrogen) atoms. The monoisotopic (exact) mass is 203 g/mol. The maximum atomic E-state index is 10.9. The van der Waals surface area contributed by atoms with E-state index in [0.717, 1.165) is 0 Å². The van der Waals surface area contributed by atoms with Crippen LogP contribution in [0.3, 0.4) is 0 Å². The average molecular weight is 203 g/mol. The number of carbonyl (C=O) groups is 2. The highest BCUT2D eigenvalue weighted by Crippen LogP contribution is 2.03. The Hall–Kier alpha value is -1.10. The second-order valence-corrected chi connectivity index (χ2v) is 3.16. The minimum absolute atomic E-state index is 0.0501. The summed E-state index contributed by atoms with van der Waals surface area (Å²) in [4.78, 5) is 21.3. The third-order valence-electron chi connectivity index (χ3n) is 1.83. The molecule has 0 radical (unpaired) electrons. The normalized spacial score (nSPS) is 12.1. The predicted octanol–water partition coefficient (Wildman–Crippen LogP) is 0.250. The van der Waals surface area contributed by atoms with Crippen molar-refractivity contribution < 1.29 is 19.4 Å². The summed E-state index contributed by atoms with van der Waals surface area (Å²) in [7, 11) is 1.45. The van der Waals surface area contributed by atoms with Crippen LogP contribution >= 0.6 is 0 Å². The Labute approximate surface area is 83.4 Å². The van der Waals surface area contributed by atoms with E-state index < -0.39 is 5.97 Å². The van der Waals surface area contributed by atoms with E-state index in [0.29, 0.717) is 19.4 Å². The lowest BCUT2D eigenvalue weighted by Crippen LogP contribution is -2.28. The zero-order chi connectivity index (χ0) is 11.0. The van der Waals surface area contributed by atoms with E-state index in [2.05, 4.69) is 10.1 Å². The van der Waals surface area contributed by atoms with E-state index in [4.69, 9.17) is 5.11 Å². The number of nitrogens with one attached hydrogen (secondary N) is 1. The SMILES string of the molecule is COCC(=O)NCCCC(C)C(=O)O. The van der Waals surface area contributed by atoms with Gasteiger partial charge in [-0.25, -0.2) is 0 Å². The lowest BCUT2D eigenvalue weighted by Gasteiger charge is -2.06. The third kappa shape index (κ3) is 6.42. The predicted molar refractivity (Wildman–Crippen MR) is 50.9 cm³/mol. The van der Waals surface area contributed by atoms with Crippen molar-refractivity contribution in [3.8, 4) is 0 Å². The maximum Gasteiger partial charge on any atom is 0.306 e. The van der Waals surface area contributed by atoms with Gasteiger partial charge in [-0.2, -0.15) is 0 Å². The Kier molecular flexibility index (Phi) is 6.74. The highest BCUT2D eigenvalue weighted by atomic mass is 16.5. The summed E-state index contributed by atoms with van der Waals surface area (Å²) in [6.07, 6.45) is 1.24. The number of hydrogen-bond donors (Lipinski definition) is 2. The van der Waals surface area contributed by atoms with Gasteiger partial charge in [-0.05, 0) is 12.8 Å². The van der Waals surface area contributed by atoms with Crippen molar-refractivity contribution in [3.05, 3.63) is 0 Å². The molecule has 0 bridgehead atoms. The topological polar surface area (TPSA) is 75.6 Å². The standard InChI is InChI=1S/C9H17NO4/c1-7(9(12)13)4-3-5-10-8(11)6-14-2/h7H,3-6H2,1-2H3,(H,10,11)(H,12,13). The average Bonchev–Trinajstić information content (AvgIpc) is 2.12. The van der Waals surface area contributed by atoms with Gasteiger partial charge in [0.05, 0.1) is 5.92 Å². The molecule has 0 saturated carbocycles. The van der Waals surface area contributed by atoms with Crippen LogP contribution in [-0.4, -0.2) is 37.2 Å². The first-order valence-corrected chi connectivity index (χ1v) is 4.56. The summed E-state index contributed by atoms with van der Waals surface area (Å²) < 4.78 is 4.61. The molecule has 0 aliphatic carbocycles. The first kappa shape index (κ1) is 12.9. The van der Waals surface area contributed by atoms with Gasteiger partial charge in [0.15, 0.2) is 0 Å². The molecule has 0 aromatic rings. The van der Waals surface area contributed by atoms with Crippen LogP contribution in [0.1, 0.15) is 19.8 Å². The summed E-state index contributed by atoms with van der Waals surface area (Å²) in [6, 6.07) is 0. The Morgan fingerprint density at radius 3 is 2.64 bits per heavy atom.